The molecular formula is C13H28N2. The summed E-state index contributed by atoms with van der Waals surface area (Å²) in [5.74, 6) is 0. The average Bonchev–Trinajstić information content (AvgIpc) is 2.28. The number of unbranched alkanes of at least 4 members (excludes halogenated alkanes) is 1. The van der Waals surface area contributed by atoms with Crippen molar-refractivity contribution in [2.24, 2.45) is 0 Å². The van der Waals surface area contributed by atoms with E-state index in [2.05, 4.69) is 31.0 Å². The lowest BCUT2D eigenvalue weighted by atomic mass is 10.0. The second-order valence-corrected chi connectivity index (χ2v) is 4.80. The van der Waals surface area contributed by atoms with Gasteiger partial charge in [-0.05, 0) is 25.8 Å². The molecule has 0 saturated carbocycles. The Morgan fingerprint density at radius 3 is 2.60 bits per heavy atom. The van der Waals surface area contributed by atoms with Crippen molar-refractivity contribution in [3.8, 4) is 0 Å². The van der Waals surface area contributed by atoms with E-state index in [0.29, 0.717) is 0 Å². The van der Waals surface area contributed by atoms with Gasteiger partial charge in [0.25, 0.3) is 0 Å². The first-order valence-corrected chi connectivity index (χ1v) is 6.79. The molecule has 0 aromatic rings. The van der Waals surface area contributed by atoms with Crippen LogP contribution in [0.4, 0.5) is 0 Å². The molecule has 1 heterocycles. The van der Waals surface area contributed by atoms with Crippen LogP contribution in [0.5, 0.6) is 0 Å². The number of piperazine rings is 1. The Hall–Kier alpha value is -0.0800. The number of hydrogen-bond acceptors (Lipinski definition) is 2. The fourth-order valence-electron chi connectivity index (χ4n) is 2.45. The molecule has 1 aliphatic heterocycles. The summed E-state index contributed by atoms with van der Waals surface area (Å²) in [5.41, 5.74) is 0. The van der Waals surface area contributed by atoms with Crippen LogP contribution >= 0.6 is 0 Å². The van der Waals surface area contributed by atoms with Gasteiger partial charge in [0.1, 0.15) is 0 Å². The van der Waals surface area contributed by atoms with Gasteiger partial charge < -0.3 is 5.32 Å². The molecule has 0 aliphatic carbocycles. The van der Waals surface area contributed by atoms with Crippen LogP contribution < -0.4 is 5.32 Å². The third kappa shape index (κ3) is 4.12. The highest BCUT2D eigenvalue weighted by atomic mass is 15.2. The maximum Gasteiger partial charge on any atom is 0.0221 e. The first-order chi connectivity index (χ1) is 7.31. The Bertz CT molecular complexity index is 159. The fourth-order valence-corrected chi connectivity index (χ4v) is 2.45. The maximum absolute atomic E-state index is 3.67. The molecule has 2 unspecified atom stereocenters. The van der Waals surface area contributed by atoms with Crippen LogP contribution in [0.15, 0.2) is 0 Å². The molecule has 0 aromatic heterocycles. The lowest BCUT2D eigenvalue weighted by Crippen LogP contribution is -2.56. The van der Waals surface area contributed by atoms with Crippen molar-refractivity contribution < 1.29 is 0 Å². The molecule has 1 N–H and O–H groups in total. The van der Waals surface area contributed by atoms with E-state index in [0.717, 1.165) is 12.1 Å². The van der Waals surface area contributed by atoms with Crippen LogP contribution in [-0.2, 0) is 0 Å². The van der Waals surface area contributed by atoms with E-state index < -0.39 is 0 Å². The van der Waals surface area contributed by atoms with Crippen molar-refractivity contribution in [3.05, 3.63) is 0 Å². The molecule has 1 rings (SSSR count). The molecule has 2 nitrogen and oxygen atoms in total. The van der Waals surface area contributed by atoms with E-state index in [1.165, 1.54) is 51.7 Å². The molecule has 0 bridgehead atoms. The second-order valence-electron chi connectivity index (χ2n) is 4.80. The number of nitrogens with zero attached hydrogens (tertiary/aromatic N) is 1. The summed E-state index contributed by atoms with van der Waals surface area (Å²) >= 11 is 0. The van der Waals surface area contributed by atoms with E-state index in [4.69, 9.17) is 0 Å². The standard InChI is InChI=1S/C13H28N2/c1-4-7-9-15-11-12(6-3)14-10-13(15)8-5-2/h12-14H,4-11H2,1-3H3. The van der Waals surface area contributed by atoms with E-state index in [1.807, 2.05) is 0 Å². The molecule has 0 spiro atoms. The van der Waals surface area contributed by atoms with Gasteiger partial charge in [-0.25, -0.2) is 0 Å². The van der Waals surface area contributed by atoms with Gasteiger partial charge in [0.05, 0.1) is 0 Å². The van der Waals surface area contributed by atoms with Crippen molar-refractivity contribution in [2.75, 3.05) is 19.6 Å². The molecule has 1 saturated heterocycles. The fraction of sp³-hybridized carbons (Fsp3) is 1.00. The highest BCUT2D eigenvalue weighted by Gasteiger charge is 2.25. The minimum absolute atomic E-state index is 0.731. The smallest absolute Gasteiger partial charge is 0.0221 e. The van der Waals surface area contributed by atoms with Crippen molar-refractivity contribution in [2.45, 2.75) is 65.0 Å². The van der Waals surface area contributed by atoms with Crippen LogP contribution in [0.2, 0.25) is 0 Å². The Balaban J connectivity index is 2.40. The minimum Gasteiger partial charge on any atom is -0.311 e. The van der Waals surface area contributed by atoms with Gasteiger partial charge in [-0.2, -0.15) is 0 Å². The Labute approximate surface area is 95.4 Å². The molecule has 0 amide bonds. The minimum atomic E-state index is 0.731. The van der Waals surface area contributed by atoms with Crippen LogP contribution in [0.1, 0.15) is 52.9 Å². The SMILES string of the molecule is CCCCN1CC(CC)NCC1CCC. The summed E-state index contributed by atoms with van der Waals surface area (Å²) < 4.78 is 0. The van der Waals surface area contributed by atoms with E-state index >= 15 is 0 Å². The van der Waals surface area contributed by atoms with Gasteiger partial charge in [-0.15, -0.1) is 0 Å². The number of hydrogen-bond donors (Lipinski definition) is 1. The molecule has 1 aliphatic rings. The van der Waals surface area contributed by atoms with Crippen molar-refractivity contribution in [3.63, 3.8) is 0 Å². The third-order valence-corrected chi connectivity index (χ3v) is 3.53. The topological polar surface area (TPSA) is 15.3 Å². The van der Waals surface area contributed by atoms with Gasteiger partial charge in [-0.3, -0.25) is 4.90 Å². The van der Waals surface area contributed by atoms with Crippen molar-refractivity contribution in [1.29, 1.82) is 0 Å². The Kier molecular flexibility index (Phi) is 6.26. The van der Waals surface area contributed by atoms with Gasteiger partial charge in [0.2, 0.25) is 0 Å². The van der Waals surface area contributed by atoms with Gasteiger partial charge in [-0.1, -0.05) is 33.6 Å². The van der Waals surface area contributed by atoms with Gasteiger partial charge in [0, 0.05) is 25.2 Å². The van der Waals surface area contributed by atoms with Crippen molar-refractivity contribution >= 4 is 0 Å². The molecule has 2 atom stereocenters. The molecule has 2 heteroatoms. The molecule has 15 heavy (non-hydrogen) atoms. The van der Waals surface area contributed by atoms with Crippen LogP contribution in [0, 0.1) is 0 Å². The summed E-state index contributed by atoms with van der Waals surface area (Å²) in [6.45, 7) is 10.6. The molecular weight excluding hydrogens is 184 g/mol. The maximum atomic E-state index is 3.67. The molecule has 0 aromatic carbocycles. The zero-order valence-electron chi connectivity index (χ0n) is 10.8. The van der Waals surface area contributed by atoms with E-state index in [1.54, 1.807) is 0 Å². The van der Waals surface area contributed by atoms with Gasteiger partial charge >= 0.3 is 0 Å². The Morgan fingerprint density at radius 1 is 1.20 bits per heavy atom. The molecule has 1 fully saturated rings. The molecule has 0 radical (unpaired) electrons. The van der Waals surface area contributed by atoms with Crippen molar-refractivity contribution in [1.82, 2.24) is 10.2 Å². The lowest BCUT2D eigenvalue weighted by molar-refractivity contribution is 0.119. The first kappa shape index (κ1) is 13.0. The summed E-state index contributed by atoms with van der Waals surface area (Å²) in [6.07, 6.45) is 6.61. The van der Waals surface area contributed by atoms with Crippen LogP contribution in [0.3, 0.4) is 0 Å². The predicted molar refractivity (Wildman–Crippen MR) is 67.3 cm³/mol. The Morgan fingerprint density at radius 2 is 2.00 bits per heavy atom. The number of nitrogens with one attached hydrogen (secondary N) is 1. The predicted octanol–water partition coefficient (Wildman–Crippen LogP) is 2.64. The third-order valence-electron chi connectivity index (χ3n) is 3.53. The zero-order chi connectivity index (χ0) is 11.1. The van der Waals surface area contributed by atoms with Gasteiger partial charge in [0.15, 0.2) is 0 Å². The summed E-state index contributed by atoms with van der Waals surface area (Å²) in [7, 11) is 0. The zero-order valence-corrected chi connectivity index (χ0v) is 10.8. The summed E-state index contributed by atoms with van der Waals surface area (Å²) in [6, 6.07) is 1.53. The lowest BCUT2D eigenvalue weighted by Gasteiger charge is -2.40. The first-order valence-electron chi connectivity index (χ1n) is 6.79. The highest BCUT2D eigenvalue weighted by Crippen LogP contribution is 2.14. The monoisotopic (exact) mass is 212 g/mol. The normalized spacial score (nSPS) is 28.2. The molecule has 90 valence electrons. The quantitative estimate of drug-likeness (QED) is 0.728. The average molecular weight is 212 g/mol. The van der Waals surface area contributed by atoms with E-state index in [-0.39, 0.29) is 0 Å². The highest BCUT2D eigenvalue weighted by molar-refractivity contribution is 4.85. The largest absolute Gasteiger partial charge is 0.311 e. The van der Waals surface area contributed by atoms with Crippen LogP contribution in [-0.4, -0.2) is 36.6 Å². The van der Waals surface area contributed by atoms with E-state index in [9.17, 15) is 0 Å². The van der Waals surface area contributed by atoms with Crippen LogP contribution in [0.25, 0.3) is 0 Å². The summed E-state index contributed by atoms with van der Waals surface area (Å²) in [4.78, 5) is 2.72. The summed E-state index contributed by atoms with van der Waals surface area (Å²) in [5, 5.41) is 3.67. The number of rotatable bonds is 6. The second kappa shape index (κ2) is 7.24.